The number of morpholine rings is 1. The molecule has 0 saturated carbocycles. The van der Waals surface area contributed by atoms with Crippen molar-refractivity contribution in [2.24, 2.45) is 0 Å². The average Bonchev–Trinajstić information content (AvgIpc) is 2.79. The van der Waals surface area contributed by atoms with Crippen LogP contribution in [0.2, 0.25) is 0 Å². The minimum atomic E-state index is -0.0617. The second-order valence-electron chi connectivity index (χ2n) is 7.37. The van der Waals surface area contributed by atoms with E-state index in [1.54, 1.807) is 0 Å². The van der Waals surface area contributed by atoms with Gasteiger partial charge in [-0.25, -0.2) is 0 Å². The molecule has 3 aromatic carbocycles. The van der Waals surface area contributed by atoms with E-state index in [-0.39, 0.29) is 12.0 Å². The summed E-state index contributed by atoms with van der Waals surface area (Å²) in [5.41, 5.74) is 4.22. The summed E-state index contributed by atoms with van der Waals surface area (Å²) in [6.07, 6.45) is 0.0139. The Morgan fingerprint density at radius 2 is 1.55 bits per heavy atom. The smallest absolute Gasteiger partial charge is 0.251 e. The fourth-order valence-corrected chi connectivity index (χ4v) is 3.64. The third kappa shape index (κ3) is 5.31. The fraction of sp³-hybridized carbons (Fsp3) is 0.240. The Kier molecular flexibility index (Phi) is 6.35. The number of rotatable bonds is 6. The zero-order chi connectivity index (χ0) is 19.9. The van der Waals surface area contributed by atoms with Crippen LogP contribution in [-0.4, -0.2) is 43.2 Å². The maximum atomic E-state index is 12.5. The first-order chi connectivity index (χ1) is 14.3. The van der Waals surface area contributed by atoms with Crippen molar-refractivity contribution in [2.45, 2.75) is 12.6 Å². The van der Waals surface area contributed by atoms with Crippen molar-refractivity contribution in [2.75, 3.05) is 26.2 Å². The van der Waals surface area contributed by atoms with Gasteiger partial charge >= 0.3 is 0 Å². The Bertz CT molecular complexity index is 911. The second-order valence-corrected chi connectivity index (χ2v) is 7.37. The number of carbonyl (C=O) groups excluding carboxylic acids is 1. The molecule has 148 valence electrons. The van der Waals surface area contributed by atoms with Crippen LogP contribution < -0.4 is 5.32 Å². The third-order valence-corrected chi connectivity index (χ3v) is 5.22. The van der Waals surface area contributed by atoms with Crippen LogP contribution in [0.15, 0.2) is 84.9 Å². The van der Waals surface area contributed by atoms with E-state index in [9.17, 15) is 4.79 Å². The minimum Gasteiger partial charge on any atom is -0.374 e. The lowest BCUT2D eigenvalue weighted by molar-refractivity contribution is -0.0292. The monoisotopic (exact) mass is 386 g/mol. The normalized spacial score (nSPS) is 17.0. The van der Waals surface area contributed by atoms with Crippen molar-refractivity contribution in [1.82, 2.24) is 10.2 Å². The number of nitrogens with one attached hydrogen (secondary N) is 1. The zero-order valence-electron chi connectivity index (χ0n) is 16.5. The molecule has 0 aromatic heterocycles. The average molecular weight is 386 g/mol. The summed E-state index contributed by atoms with van der Waals surface area (Å²) in [5.74, 6) is -0.0617. The van der Waals surface area contributed by atoms with Crippen LogP contribution in [0.5, 0.6) is 0 Å². The Labute approximate surface area is 172 Å². The van der Waals surface area contributed by atoms with E-state index < -0.39 is 0 Å². The highest BCUT2D eigenvalue weighted by molar-refractivity contribution is 5.94. The highest BCUT2D eigenvalue weighted by Gasteiger charge is 2.21. The zero-order valence-corrected chi connectivity index (χ0v) is 16.5. The van der Waals surface area contributed by atoms with Gasteiger partial charge in [0, 0.05) is 31.7 Å². The molecular formula is C25H26N2O2. The van der Waals surface area contributed by atoms with E-state index in [1.165, 1.54) is 5.56 Å². The molecule has 29 heavy (non-hydrogen) atoms. The first-order valence-corrected chi connectivity index (χ1v) is 10.1. The van der Waals surface area contributed by atoms with Crippen LogP contribution in [0.3, 0.4) is 0 Å². The van der Waals surface area contributed by atoms with E-state index in [0.717, 1.165) is 30.8 Å². The number of benzene rings is 3. The largest absolute Gasteiger partial charge is 0.374 e. The molecule has 3 aromatic rings. The number of amides is 1. The number of hydrogen-bond acceptors (Lipinski definition) is 3. The molecule has 1 atom stereocenters. The van der Waals surface area contributed by atoms with E-state index in [4.69, 9.17) is 4.74 Å². The van der Waals surface area contributed by atoms with Gasteiger partial charge in [-0.05, 0) is 28.8 Å². The van der Waals surface area contributed by atoms with Crippen molar-refractivity contribution in [3.05, 3.63) is 96.1 Å². The molecule has 1 unspecified atom stereocenters. The molecule has 0 radical (unpaired) electrons. The van der Waals surface area contributed by atoms with Gasteiger partial charge < -0.3 is 10.1 Å². The molecule has 0 bridgehead atoms. The maximum absolute atomic E-state index is 12.5. The minimum absolute atomic E-state index is 0.0139. The van der Waals surface area contributed by atoms with Gasteiger partial charge in [0.25, 0.3) is 5.91 Å². The van der Waals surface area contributed by atoms with Gasteiger partial charge in [-0.3, -0.25) is 9.69 Å². The molecular weight excluding hydrogens is 360 g/mol. The van der Waals surface area contributed by atoms with Gasteiger partial charge in [-0.2, -0.15) is 0 Å². The highest BCUT2D eigenvalue weighted by Crippen LogP contribution is 2.19. The predicted molar refractivity (Wildman–Crippen MR) is 116 cm³/mol. The standard InChI is InChI=1S/C25H26N2O2/c28-25(23-13-11-22(12-14-23)21-9-5-2-6-10-21)26-17-24-19-27(15-16-29-24)18-20-7-3-1-4-8-20/h1-14,24H,15-19H2,(H,26,28). The van der Waals surface area contributed by atoms with Crippen molar-refractivity contribution >= 4 is 5.91 Å². The van der Waals surface area contributed by atoms with E-state index >= 15 is 0 Å². The quantitative estimate of drug-likeness (QED) is 0.697. The van der Waals surface area contributed by atoms with Gasteiger partial charge in [0.1, 0.15) is 0 Å². The topological polar surface area (TPSA) is 41.6 Å². The number of hydrogen-bond donors (Lipinski definition) is 1. The molecule has 1 fully saturated rings. The maximum Gasteiger partial charge on any atom is 0.251 e. The second kappa shape index (κ2) is 9.50. The molecule has 0 spiro atoms. The molecule has 1 aliphatic heterocycles. The third-order valence-electron chi connectivity index (χ3n) is 5.22. The van der Waals surface area contributed by atoms with Gasteiger partial charge in [0.2, 0.25) is 0 Å². The summed E-state index contributed by atoms with van der Waals surface area (Å²) in [6, 6.07) is 28.3. The highest BCUT2D eigenvalue weighted by atomic mass is 16.5. The van der Waals surface area contributed by atoms with Crippen molar-refractivity contribution in [1.29, 1.82) is 0 Å². The molecule has 1 N–H and O–H groups in total. The van der Waals surface area contributed by atoms with E-state index in [2.05, 4.69) is 46.6 Å². The molecule has 1 heterocycles. The van der Waals surface area contributed by atoms with Gasteiger partial charge in [-0.15, -0.1) is 0 Å². The van der Waals surface area contributed by atoms with Crippen molar-refractivity contribution < 1.29 is 9.53 Å². The molecule has 4 nitrogen and oxygen atoms in total. The van der Waals surface area contributed by atoms with Crippen molar-refractivity contribution in [3.8, 4) is 11.1 Å². The SMILES string of the molecule is O=C(NCC1CN(Cc2ccccc2)CCO1)c1ccc(-c2ccccc2)cc1. The van der Waals surface area contributed by atoms with Gasteiger partial charge in [-0.1, -0.05) is 72.8 Å². The summed E-state index contributed by atoms with van der Waals surface area (Å²) in [7, 11) is 0. The van der Waals surface area contributed by atoms with Crippen LogP contribution in [-0.2, 0) is 11.3 Å². The number of nitrogens with zero attached hydrogens (tertiary/aromatic N) is 1. The Balaban J connectivity index is 1.29. The summed E-state index contributed by atoms with van der Waals surface area (Å²) in [4.78, 5) is 14.9. The first-order valence-electron chi connectivity index (χ1n) is 10.1. The van der Waals surface area contributed by atoms with E-state index in [0.29, 0.717) is 18.7 Å². The van der Waals surface area contributed by atoms with E-state index in [1.807, 2.05) is 48.5 Å². The Hall–Kier alpha value is -2.95. The van der Waals surface area contributed by atoms with Gasteiger partial charge in [0.15, 0.2) is 0 Å². The molecule has 0 aliphatic carbocycles. The Morgan fingerprint density at radius 1 is 0.897 bits per heavy atom. The summed E-state index contributed by atoms with van der Waals surface area (Å²) in [6.45, 7) is 3.86. The lowest BCUT2D eigenvalue weighted by Gasteiger charge is -2.33. The molecule has 1 aliphatic rings. The summed E-state index contributed by atoms with van der Waals surface area (Å²) >= 11 is 0. The van der Waals surface area contributed by atoms with Crippen LogP contribution in [0.25, 0.3) is 11.1 Å². The van der Waals surface area contributed by atoms with Crippen LogP contribution in [0, 0.1) is 0 Å². The van der Waals surface area contributed by atoms with Crippen LogP contribution in [0.4, 0.5) is 0 Å². The lowest BCUT2D eigenvalue weighted by atomic mass is 10.0. The molecule has 4 heteroatoms. The summed E-state index contributed by atoms with van der Waals surface area (Å²) in [5, 5.41) is 3.02. The van der Waals surface area contributed by atoms with Crippen molar-refractivity contribution in [3.63, 3.8) is 0 Å². The number of ether oxygens (including phenoxy) is 1. The molecule has 4 rings (SSSR count). The van der Waals surface area contributed by atoms with Gasteiger partial charge in [0.05, 0.1) is 12.7 Å². The number of carbonyl (C=O) groups is 1. The summed E-state index contributed by atoms with van der Waals surface area (Å²) < 4.78 is 5.85. The molecule has 1 amide bonds. The fourth-order valence-electron chi connectivity index (χ4n) is 3.64. The lowest BCUT2D eigenvalue weighted by Crippen LogP contribution is -2.47. The van der Waals surface area contributed by atoms with Crippen LogP contribution in [0.1, 0.15) is 15.9 Å². The molecule has 1 saturated heterocycles. The Morgan fingerprint density at radius 3 is 2.28 bits per heavy atom. The predicted octanol–water partition coefficient (Wildman–Crippen LogP) is 3.98. The first kappa shape index (κ1) is 19.4. The van der Waals surface area contributed by atoms with Crippen LogP contribution >= 0.6 is 0 Å².